The van der Waals surface area contributed by atoms with Crippen LogP contribution in [0.15, 0.2) is 39.3 Å². The number of nitrogens with one attached hydrogen (secondary N) is 1. The molecule has 0 aromatic heterocycles. The third kappa shape index (κ3) is 3.68. The number of benzene rings is 1. The zero-order valence-electron chi connectivity index (χ0n) is 7.76. The quantitative estimate of drug-likeness (QED) is 0.831. The predicted octanol–water partition coefficient (Wildman–Crippen LogP) is 3.26. The van der Waals surface area contributed by atoms with Gasteiger partial charge in [0, 0.05) is 26.8 Å². The Kier molecular flexibility index (Phi) is 4.35. The lowest BCUT2D eigenvalue weighted by Gasteiger charge is -2.08. The van der Waals surface area contributed by atoms with Crippen molar-refractivity contribution >= 4 is 43.5 Å². The zero-order valence-corrected chi connectivity index (χ0v) is 10.9. The number of carboxylic acids is 1. The second-order valence-corrected chi connectivity index (χ2v) is 4.66. The van der Waals surface area contributed by atoms with Crippen molar-refractivity contribution in [1.29, 1.82) is 0 Å². The van der Waals surface area contributed by atoms with E-state index in [0.29, 0.717) is 0 Å². The van der Waals surface area contributed by atoms with E-state index >= 15 is 0 Å². The van der Waals surface area contributed by atoms with Crippen molar-refractivity contribution in [2.24, 2.45) is 0 Å². The van der Waals surface area contributed by atoms with Crippen LogP contribution in [0.25, 0.3) is 0 Å². The lowest BCUT2D eigenvalue weighted by molar-refractivity contribution is -0.132. The molecule has 1 aromatic carbocycles. The Balaban J connectivity index is 2.69. The van der Waals surface area contributed by atoms with Crippen LogP contribution in [-0.4, -0.2) is 17.6 Å². The number of carboxylic acid groups (broad SMARTS) is 1. The van der Waals surface area contributed by atoms with Crippen LogP contribution in [0.1, 0.15) is 0 Å². The number of anilines is 1. The van der Waals surface area contributed by atoms with E-state index in [1.807, 2.05) is 18.2 Å². The second-order valence-electron chi connectivity index (χ2n) is 2.89. The fraction of sp³-hybridized carbons (Fsp3) is 0.100. The highest BCUT2D eigenvalue weighted by atomic mass is 79.9. The average Bonchev–Trinajstić information content (AvgIpc) is 2.18. The molecule has 0 spiro atoms. The molecule has 0 amide bonds. The summed E-state index contributed by atoms with van der Waals surface area (Å²) in [6.07, 6.45) is 0. The average molecular weight is 335 g/mol. The van der Waals surface area contributed by atoms with Crippen molar-refractivity contribution in [3.63, 3.8) is 0 Å². The molecule has 0 bridgehead atoms. The first kappa shape index (κ1) is 12.3. The summed E-state index contributed by atoms with van der Waals surface area (Å²) in [7, 11) is 0. The summed E-state index contributed by atoms with van der Waals surface area (Å²) >= 11 is 6.69. The van der Waals surface area contributed by atoms with Crippen LogP contribution in [0, 0.1) is 0 Å². The van der Waals surface area contributed by atoms with Crippen molar-refractivity contribution in [2.45, 2.75) is 0 Å². The summed E-state index contributed by atoms with van der Waals surface area (Å²) in [6.45, 7) is 3.64. The van der Waals surface area contributed by atoms with Crippen LogP contribution in [0.4, 0.5) is 5.69 Å². The Labute approximate surface area is 104 Å². The molecule has 2 N–H and O–H groups in total. The molecule has 1 rings (SSSR count). The van der Waals surface area contributed by atoms with Gasteiger partial charge in [0.2, 0.25) is 0 Å². The standard InChI is InChI=1S/C10H9Br2NO2/c1-6(10(14)15)5-13-9-4-7(11)2-3-8(9)12/h2-4,13H,1,5H2,(H,14,15). The van der Waals surface area contributed by atoms with Crippen molar-refractivity contribution in [1.82, 2.24) is 0 Å². The van der Waals surface area contributed by atoms with Crippen molar-refractivity contribution in [3.8, 4) is 0 Å². The minimum absolute atomic E-state index is 0.127. The van der Waals surface area contributed by atoms with Gasteiger partial charge in [0.15, 0.2) is 0 Å². The van der Waals surface area contributed by atoms with E-state index in [4.69, 9.17) is 5.11 Å². The topological polar surface area (TPSA) is 49.3 Å². The Hall–Kier alpha value is -0.810. The third-order valence-corrected chi connectivity index (χ3v) is 2.91. The van der Waals surface area contributed by atoms with Crippen LogP contribution >= 0.6 is 31.9 Å². The SMILES string of the molecule is C=C(CNc1cc(Br)ccc1Br)C(=O)O. The first-order valence-corrected chi connectivity index (χ1v) is 5.69. The van der Waals surface area contributed by atoms with Gasteiger partial charge in [0.05, 0.1) is 0 Å². The van der Waals surface area contributed by atoms with Gasteiger partial charge in [-0.3, -0.25) is 0 Å². The lowest BCUT2D eigenvalue weighted by Crippen LogP contribution is -2.11. The molecular formula is C10H9Br2NO2. The minimum atomic E-state index is -0.992. The fourth-order valence-corrected chi connectivity index (χ4v) is 1.66. The molecule has 0 unspecified atom stereocenters. The molecule has 0 fully saturated rings. The summed E-state index contributed by atoms with van der Waals surface area (Å²) < 4.78 is 1.80. The summed E-state index contributed by atoms with van der Waals surface area (Å²) in [6, 6.07) is 5.62. The number of carbonyl (C=O) groups is 1. The van der Waals surface area contributed by atoms with Gasteiger partial charge in [-0.2, -0.15) is 0 Å². The van der Waals surface area contributed by atoms with Gasteiger partial charge in [-0.25, -0.2) is 4.79 Å². The normalized spacial score (nSPS) is 9.73. The molecule has 0 atom stereocenters. The maximum absolute atomic E-state index is 10.5. The van der Waals surface area contributed by atoms with E-state index in [2.05, 4.69) is 43.8 Å². The minimum Gasteiger partial charge on any atom is -0.478 e. The maximum atomic E-state index is 10.5. The molecule has 80 valence electrons. The predicted molar refractivity (Wildman–Crippen MR) is 67.1 cm³/mol. The largest absolute Gasteiger partial charge is 0.478 e. The fourth-order valence-electron chi connectivity index (χ4n) is 0.910. The summed E-state index contributed by atoms with van der Waals surface area (Å²) in [4.78, 5) is 10.5. The number of rotatable bonds is 4. The lowest BCUT2D eigenvalue weighted by atomic mass is 10.3. The molecule has 0 radical (unpaired) electrons. The van der Waals surface area contributed by atoms with Gasteiger partial charge in [-0.1, -0.05) is 22.5 Å². The molecule has 0 saturated heterocycles. The van der Waals surface area contributed by atoms with E-state index in [-0.39, 0.29) is 12.1 Å². The number of hydrogen-bond acceptors (Lipinski definition) is 2. The monoisotopic (exact) mass is 333 g/mol. The number of aliphatic carboxylic acids is 1. The van der Waals surface area contributed by atoms with E-state index in [1.54, 1.807) is 0 Å². The van der Waals surface area contributed by atoms with Gasteiger partial charge in [0.1, 0.15) is 0 Å². The van der Waals surface area contributed by atoms with Crippen LogP contribution in [0.5, 0.6) is 0 Å². The van der Waals surface area contributed by atoms with E-state index in [9.17, 15) is 4.79 Å². The Morgan fingerprint density at radius 2 is 2.13 bits per heavy atom. The molecule has 0 aliphatic rings. The summed E-state index contributed by atoms with van der Waals surface area (Å²) in [5.74, 6) is -0.992. The summed E-state index contributed by atoms with van der Waals surface area (Å²) in [5.41, 5.74) is 0.952. The van der Waals surface area contributed by atoms with E-state index in [1.165, 1.54) is 0 Å². The van der Waals surface area contributed by atoms with Crippen molar-refractivity contribution < 1.29 is 9.90 Å². The van der Waals surface area contributed by atoms with Crippen LogP contribution in [0.3, 0.4) is 0 Å². The molecule has 5 heteroatoms. The van der Waals surface area contributed by atoms with Crippen LogP contribution in [-0.2, 0) is 4.79 Å². The first-order valence-electron chi connectivity index (χ1n) is 4.10. The van der Waals surface area contributed by atoms with Gasteiger partial charge >= 0.3 is 5.97 Å². The van der Waals surface area contributed by atoms with E-state index in [0.717, 1.165) is 14.6 Å². The molecule has 1 aromatic rings. The highest BCUT2D eigenvalue weighted by molar-refractivity contribution is 9.11. The van der Waals surface area contributed by atoms with Gasteiger partial charge < -0.3 is 10.4 Å². The maximum Gasteiger partial charge on any atom is 0.332 e. The molecule has 0 aliphatic carbocycles. The smallest absolute Gasteiger partial charge is 0.332 e. The van der Waals surface area contributed by atoms with Crippen molar-refractivity contribution in [3.05, 3.63) is 39.3 Å². The second kappa shape index (κ2) is 5.32. The van der Waals surface area contributed by atoms with E-state index < -0.39 is 5.97 Å². The third-order valence-electron chi connectivity index (χ3n) is 1.72. The molecule has 0 aliphatic heterocycles. The molecule has 0 saturated carbocycles. The zero-order chi connectivity index (χ0) is 11.4. The Morgan fingerprint density at radius 3 is 2.73 bits per heavy atom. The highest BCUT2D eigenvalue weighted by Crippen LogP contribution is 2.26. The number of halogens is 2. The molecule has 15 heavy (non-hydrogen) atoms. The van der Waals surface area contributed by atoms with Gasteiger partial charge in [-0.15, -0.1) is 0 Å². The molecule has 3 nitrogen and oxygen atoms in total. The van der Waals surface area contributed by atoms with Crippen LogP contribution in [0.2, 0.25) is 0 Å². The Bertz CT molecular complexity index is 404. The van der Waals surface area contributed by atoms with Crippen LogP contribution < -0.4 is 5.32 Å². The number of hydrogen-bond donors (Lipinski definition) is 2. The first-order chi connectivity index (χ1) is 7.00. The van der Waals surface area contributed by atoms with Gasteiger partial charge in [-0.05, 0) is 34.1 Å². The molecular weight excluding hydrogens is 326 g/mol. The van der Waals surface area contributed by atoms with Gasteiger partial charge in [0.25, 0.3) is 0 Å². The highest BCUT2D eigenvalue weighted by Gasteiger charge is 2.05. The Morgan fingerprint density at radius 1 is 1.47 bits per heavy atom. The van der Waals surface area contributed by atoms with Crippen molar-refractivity contribution in [2.75, 3.05) is 11.9 Å². The summed E-state index contributed by atoms with van der Waals surface area (Å²) in [5, 5.41) is 11.6. The molecule has 0 heterocycles.